The minimum absolute atomic E-state index is 0.0233. The van der Waals surface area contributed by atoms with E-state index in [0.717, 1.165) is 18.4 Å². The summed E-state index contributed by atoms with van der Waals surface area (Å²) in [7, 11) is 0. The molecule has 1 aliphatic rings. The highest BCUT2D eigenvalue weighted by molar-refractivity contribution is 6.02. The maximum atomic E-state index is 12.4. The summed E-state index contributed by atoms with van der Waals surface area (Å²) in [5, 5.41) is 9.75. The van der Waals surface area contributed by atoms with Crippen molar-refractivity contribution in [2.75, 3.05) is 6.61 Å². The fraction of sp³-hybridized carbons (Fsp3) is 0.238. The summed E-state index contributed by atoms with van der Waals surface area (Å²) >= 11 is 0. The summed E-state index contributed by atoms with van der Waals surface area (Å²) in [5.41, 5.74) is 0.628. The van der Waals surface area contributed by atoms with Gasteiger partial charge in [-0.05, 0) is 30.4 Å². The Balaban J connectivity index is 1.43. The molecule has 1 aromatic heterocycles. The van der Waals surface area contributed by atoms with Gasteiger partial charge in [-0.15, -0.1) is 0 Å². The summed E-state index contributed by atoms with van der Waals surface area (Å²) in [5.74, 6) is -0.722. The number of benzene rings is 2. The molecule has 28 heavy (non-hydrogen) atoms. The normalized spacial score (nSPS) is 14.4. The van der Waals surface area contributed by atoms with Crippen LogP contribution in [0.5, 0.6) is 0 Å². The fourth-order valence-electron chi connectivity index (χ4n) is 3.25. The number of carbonyl (C=O) groups excluding carboxylic acids is 2. The van der Waals surface area contributed by atoms with Gasteiger partial charge in [-0.2, -0.15) is 5.10 Å². The zero-order chi connectivity index (χ0) is 19.5. The first kappa shape index (κ1) is 17.9. The molecule has 2 aromatic carbocycles. The molecule has 1 saturated carbocycles. The highest BCUT2D eigenvalue weighted by Gasteiger charge is 2.33. The predicted octanol–water partition coefficient (Wildman–Crippen LogP) is 2.35. The van der Waals surface area contributed by atoms with Crippen LogP contribution in [0.1, 0.15) is 34.9 Å². The Morgan fingerprint density at radius 1 is 1.07 bits per heavy atom. The molecular formula is C21H19N3O4. The van der Waals surface area contributed by atoms with Gasteiger partial charge in [0.05, 0.1) is 11.4 Å². The lowest BCUT2D eigenvalue weighted by Gasteiger charge is -2.18. The van der Waals surface area contributed by atoms with Crippen molar-refractivity contribution in [3.05, 3.63) is 76.2 Å². The molecule has 0 aliphatic heterocycles. The number of rotatable bonds is 6. The molecule has 0 radical (unpaired) electrons. The molecule has 142 valence electrons. The van der Waals surface area contributed by atoms with Crippen molar-refractivity contribution in [1.82, 2.24) is 15.5 Å². The number of H-pyrrole nitrogens is 1. The van der Waals surface area contributed by atoms with Crippen LogP contribution in [-0.2, 0) is 9.53 Å². The van der Waals surface area contributed by atoms with Crippen LogP contribution in [0.4, 0.5) is 0 Å². The zero-order valence-corrected chi connectivity index (χ0v) is 15.1. The second-order valence-corrected chi connectivity index (χ2v) is 6.82. The fourth-order valence-corrected chi connectivity index (χ4v) is 3.25. The van der Waals surface area contributed by atoms with E-state index in [1.165, 1.54) is 0 Å². The maximum absolute atomic E-state index is 12.4. The van der Waals surface area contributed by atoms with Crippen molar-refractivity contribution in [3.8, 4) is 0 Å². The minimum Gasteiger partial charge on any atom is -0.451 e. The number of nitrogens with one attached hydrogen (secondary N) is 2. The molecule has 1 heterocycles. The number of fused-ring (bicyclic) bond motifs is 1. The number of aromatic nitrogens is 2. The molecule has 1 fully saturated rings. The molecule has 1 aliphatic carbocycles. The van der Waals surface area contributed by atoms with Gasteiger partial charge in [0.25, 0.3) is 11.5 Å². The molecule has 1 atom stereocenters. The van der Waals surface area contributed by atoms with E-state index in [4.69, 9.17) is 4.74 Å². The van der Waals surface area contributed by atoms with Crippen molar-refractivity contribution < 1.29 is 14.3 Å². The summed E-state index contributed by atoms with van der Waals surface area (Å²) in [6, 6.07) is 16.3. The standard InChI is InChI=1S/C21H19N3O4/c25-17(22-18(14-10-11-14)13-6-2-1-3-7-13)12-28-21(27)19-15-8-4-5-9-16(15)20(26)24-23-19/h1-9,14,18H,10-12H2,(H,22,25)(H,24,26). The van der Waals surface area contributed by atoms with Crippen LogP contribution in [-0.4, -0.2) is 28.7 Å². The number of nitrogens with zero attached hydrogens (tertiary/aromatic N) is 1. The van der Waals surface area contributed by atoms with E-state index in [2.05, 4.69) is 15.5 Å². The van der Waals surface area contributed by atoms with Crippen molar-refractivity contribution >= 4 is 22.6 Å². The van der Waals surface area contributed by atoms with Crippen LogP contribution in [0.3, 0.4) is 0 Å². The van der Waals surface area contributed by atoms with Gasteiger partial charge in [-0.1, -0.05) is 48.5 Å². The van der Waals surface area contributed by atoms with Gasteiger partial charge in [0.15, 0.2) is 12.3 Å². The lowest BCUT2D eigenvalue weighted by atomic mass is 10.0. The first-order valence-corrected chi connectivity index (χ1v) is 9.12. The average Bonchev–Trinajstić information content (AvgIpc) is 3.56. The first-order valence-electron chi connectivity index (χ1n) is 9.12. The quantitative estimate of drug-likeness (QED) is 0.642. The van der Waals surface area contributed by atoms with Gasteiger partial charge >= 0.3 is 5.97 Å². The largest absolute Gasteiger partial charge is 0.451 e. The second-order valence-electron chi connectivity index (χ2n) is 6.82. The van der Waals surface area contributed by atoms with Crippen molar-refractivity contribution in [2.45, 2.75) is 18.9 Å². The molecule has 0 bridgehead atoms. The average molecular weight is 377 g/mol. The van der Waals surface area contributed by atoms with E-state index in [9.17, 15) is 14.4 Å². The third-order valence-electron chi connectivity index (χ3n) is 4.79. The van der Waals surface area contributed by atoms with E-state index in [1.54, 1.807) is 24.3 Å². The Kier molecular flexibility index (Phi) is 4.89. The van der Waals surface area contributed by atoms with Gasteiger partial charge in [0.1, 0.15) is 0 Å². The minimum atomic E-state index is -0.759. The topological polar surface area (TPSA) is 101 Å². The van der Waals surface area contributed by atoms with Crippen LogP contribution in [0.15, 0.2) is 59.4 Å². The van der Waals surface area contributed by atoms with Gasteiger partial charge < -0.3 is 10.1 Å². The Morgan fingerprint density at radius 3 is 2.46 bits per heavy atom. The van der Waals surface area contributed by atoms with Crippen LogP contribution in [0, 0.1) is 5.92 Å². The monoisotopic (exact) mass is 377 g/mol. The number of esters is 1. The summed E-state index contributed by atoms with van der Waals surface area (Å²) < 4.78 is 5.14. The lowest BCUT2D eigenvalue weighted by Crippen LogP contribution is -2.33. The number of hydrogen-bond donors (Lipinski definition) is 2. The van der Waals surface area contributed by atoms with Crippen molar-refractivity contribution in [1.29, 1.82) is 0 Å². The molecular weight excluding hydrogens is 358 g/mol. The van der Waals surface area contributed by atoms with E-state index in [-0.39, 0.29) is 23.2 Å². The molecule has 7 nitrogen and oxygen atoms in total. The lowest BCUT2D eigenvalue weighted by molar-refractivity contribution is -0.125. The third kappa shape index (κ3) is 3.78. The van der Waals surface area contributed by atoms with Gasteiger partial charge in [0, 0.05) is 5.39 Å². The van der Waals surface area contributed by atoms with E-state index < -0.39 is 12.6 Å². The summed E-state index contributed by atoms with van der Waals surface area (Å²) in [6.45, 7) is -0.413. The third-order valence-corrected chi connectivity index (χ3v) is 4.79. The highest BCUT2D eigenvalue weighted by Crippen LogP contribution is 2.40. The predicted molar refractivity (Wildman–Crippen MR) is 103 cm³/mol. The summed E-state index contributed by atoms with van der Waals surface area (Å²) in [4.78, 5) is 36.5. The highest BCUT2D eigenvalue weighted by atomic mass is 16.5. The second kappa shape index (κ2) is 7.64. The molecule has 0 spiro atoms. The van der Waals surface area contributed by atoms with Gasteiger partial charge in [-0.25, -0.2) is 9.89 Å². The molecule has 0 saturated heterocycles. The SMILES string of the molecule is O=C(COC(=O)c1n[nH]c(=O)c2ccccc12)NC(c1ccccc1)C1CC1. The molecule has 7 heteroatoms. The number of aromatic amines is 1. The smallest absolute Gasteiger partial charge is 0.359 e. The van der Waals surface area contributed by atoms with Crippen LogP contribution in [0.25, 0.3) is 10.8 Å². The summed E-state index contributed by atoms with van der Waals surface area (Å²) in [6.07, 6.45) is 2.12. The van der Waals surface area contributed by atoms with Crippen molar-refractivity contribution in [3.63, 3.8) is 0 Å². The molecule has 1 amide bonds. The number of carbonyl (C=O) groups is 2. The van der Waals surface area contributed by atoms with Crippen LogP contribution < -0.4 is 10.9 Å². The zero-order valence-electron chi connectivity index (χ0n) is 15.1. The Bertz CT molecular complexity index is 1070. The Labute approximate surface area is 160 Å². The molecule has 4 rings (SSSR count). The van der Waals surface area contributed by atoms with Gasteiger partial charge in [-0.3, -0.25) is 9.59 Å². The number of hydrogen-bond acceptors (Lipinski definition) is 5. The maximum Gasteiger partial charge on any atom is 0.359 e. The molecule has 1 unspecified atom stereocenters. The molecule has 3 aromatic rings. The van der Waals surface area contributed by atoms with E-state index >= 15 is 0 Å². The van der Waals surface area contributed by atoms with Gasteiger partial charge in [0.2, 0.25) is 0 Å². The van der Waals surface area contributed by atoms with Crippen LogP contribution in [0.2, 0.25) is 0 Å². The Hall–Kier alpha value is -3.48. The van der Waals surface area contributed by atoms with E-state index in [0.29, 0.717) is 16.7 Å². The first-order chi connectivity index (χ1) is 13.6. The number of ether oxygens (including phenoxy) is 1. The van der Waals surface area contributed by atoms with Crippen LogP contribution >= 0.6 is 0 Å². The molecule has 2 N–H and O–H groups in total. The Morgan fingerprint density at radius 2 is 1.75 bits per heavy atom. The van der Waals surface area contributed by atoms with E-state index in [1.807, 2.05) is 30.3 Å². The van der Waals surface area contributed by atoms with Crippen molar-refractivity contribution in [2.24, 2.45) is 5.92 Å². The number of amides is 1.